The zero-order valence-corrected chi connectivity index (χ0v) is 7.44. The first-order chi connectivity index (χ1) is 6.18. The van der Waals surface area contributed by atoms with Crippen molar-refractivity contribution in [1.29, 1.82) is 0 Å². The smallest absolute Gasteiger partial charge is 0.320 e. The molecule has 4 heteroatoms. The van der Waals surface area contributed by atoms with E-state index in [4.69, 9.17) is 5.11 Å². The first-order valence-electron chi connectivity index (χ1n) is 4.85. The molecule has 4 atom stereocenters. The summed E-state index contributed by atoms with van der Waals surface area (Å²) in [7, 11) is 0. The Kier molecular flexibility index (Phi) is 2.26. The zero-order chi connectivity index (χ0) is 9.42. The average molecular weight is 185 g/mol. The number of aliphatic hydroxyl groups is 1. The molecule has 2 aliphatic rings. The largest absolute Gasteiger partial charge is 0.480 e. The molecular weight excluding hydrogens is 170 g/mol. The molecule has 13 heavy (non-hydrogen) atoms. The van der Waals surface area contributed by atoms with Crippen LogP contribution in [0.1, 0.15) is 25.7 Å². The summed E-state index contributed by atoms with van der Waals surface area (Å²) in [5.41, 5.74) is 0. The summed E-state index contributed by atoms with van der Waals surface area (Å²) in [5, 5.41) is 21.5. The van der Waals surface area contributed by atoms with Gasteiger partial charge in [-0.3, -0.25) is 4.79 Å². The van der Waals surface area contributed by atoms with Gasteiger partial charge in [0.05, 0.1) is 6.10 Å². The van der Waals surface area contributed by atoms with Crippen LogP contribution in [0, 0.1) is 5.92 Å². The van der Waals surface area contributed by atoms with Crippen molar-refractivity contribution in [3.05, 3.63) is 0 Å². The predicted octanol–water partition coefficient (Wildman–Crippen LogP) is -0.0375. The summed E-state index contributed by atoms with van der Waals surface area (Å²) in [6, 6.07) is -0.215. The number of carboxylic acid groups (broad SMARTS) is 1. The Morgan fingerprint density at radius 3 is 2.77 bits per heavy atom. The summed E-state index contributed by atoms with van der Waals surface area (Å²) in [5.74, 6) is -0.628. The van der Waals surface area contributed by atoms with Crippen molar-refractivity contribution in [2.45, 2.75) is 43.9 Å². The molecule has 0 aromatic carbocycles. The first kappa shape index (κ1) is 8.97. The van der Waals surface area contributed by atoms with E-state index < -0.39 is 12.0 Å². The van der Waals surface area contributed by atoms with Gasteiger partial charge >= 0.3 is 5.97 Å². The van der Waals surface area contributed by atoms with Gasteiger partial charge in [-0.05, 0) is 25.7 Å². The van der Waals surface area contributed by atoms with E-state index in [-0.39, 0.29) is 18.1 Å². The third kappa shape index (κ3) is 1.56. The number of rotatable bonds is 1. The van der Waals surface area contributed by atoms with Crippen molar-refractivity contribution in [3.63, 3.8) is 0 Å². The van der Waals surface area contributed by atoms with Crippen LogP contribution >= 0.6 is 0 Å². The molecule has 0 amide bonds. The molecule has 0 aromatic heterocycles. The molecule has 0 unspecified atom stereocenters. The Balaban J connectivity index is 2.04. The second kappa shape index (κ2) is 3.27. The van der Waals surface area contributed by atoms with Gasteiger partial charge < -0.3 is 15.5 Å². The van der Waals surface area contributed by atoms with Crippen LogP contribution < -0.4 is 5.32 Å². The molecule has 3 N–H and O–H groups in total. The van der Waals surface area contributed by atoms with E-state index in [1.807, 2.05) is 0 Å². The topological polar surface area (TPSA) is 69.6 Å². The van der Waals surface area contributed by atoms with E-state index in [9.17, 15) is 9.90 Å². The Hall–Kier alpha value is -0.610. The highest BCUT2D eigenvalue weighted by Crippen LogP contribution is 2.33. The quantitative estimate of drug-likeness (QED) is 0.536. The highest BCUT2D eigenvalue weighted by molar-refractivity contribution is 5.74. The Morgan fingerprint density at radius 1 is 1.38 bits per heavy atom. The van der Waals surface area contributed by atoms with Gasteiger partial charge in [-0.25, -0.2) is 0 Å². The summed E-state index contributed by atoms with van der Waals surface area (Å²) < 4.78 is 0. The fraction of sp³-hybridized carbons (Fsp3) is 0.889. The van der Waals surface area contributed by atoms with Crippen molar-refractivity contribution in [2.24, 2.45) is 5.92 Å². The molecule has 0 radical (unpaired) electrons. The van der Waals surface area contributed by atoms with Crippen molar-refractivity contribution in [2.75, 3.05) is 0 Å². The summed E-state index contributed by atoms with van der Waals surface area (Å²) in [4.78, 5) is 10.7. The molecule has 1 saturated carbocycles. The molecule has 74 valence electrons. The molecule has 4 nitrogen and oxygen atoms in total. The fourth-order valence-electron chi connectivity index (χ4n) is 2.54. The highest BCUT2D eigenvalue weighted by atomic mass is 16.4. The molecule has 1 heterocycles. The lowest BCUT2D eigenvalue weighted by atomic mass is 9.82. The van der Waals surface area contributed by atoms with Crippen LogP contribution in [0.3, 0.4) is 0 Å². The second-order valence-corrected chi connectivity index (χ2v) is 4.06. The number of hydrogen-bond acceptors (Lipinski definition) is 3. The van der Waals surface area contributed by atoms with Gasteiger partial charge in [0.25, 0.3) is 0 Å². The van der Waals surface area contributed by atoms with Crippen LogP contribution in [-0.4, -0.2) is 34.4 Å². The normalized spacial score (nSPS) is 44.4. The molecule has 1 saturated heterocycles. The summed E-state index contributed by atoms with van der Waals surface area (Å²) in [6.45, 7) is 0. The van der Waals surface area contributed by atoms with Gasteiger partial charge in [-0.1, -0.05) is 0 Å². The van der Waals surface area contributed by atoms with Gasteiger partial charge in [0.1, 0.15) is 6.04 Å². The molecule has 1 aliphatic carbocycles. The van der Waals surface area contributed by atoms with Crippen molar-refractivity contribution in [3.8, 4) is 0 Å². The van der Waals surface area contributed by atoms with E-state index in [0.29, 0.717) is 6.42 Å². The lowest BCUT2D eigenvalue weighted by Crippen LogP contribution is -2.40. The van der Waals surface area contributed by atoms with E-state index in [0.717, 1.165) is 19.3 Å². The standard InChI is InChI=1S/C9H15NO3/c11-8-3-1-2-6-5(8)4-7(10-6)9(12)13/h5-8,10-11H,1-4H2,(H,12,13)/t5-,6-,7+,8+/m1/s1. The lowest BCUT2D eigenvalue weighted by Gasteiger charge is -2.29. The third-order valence-electron chi connectivity index (χ3n) is 3.25. The zero-order valence-electron chi connectivity index (χ0n) is 7.44. The monoisotopic (exact) mass is 185 g/mol. The maximum absolute atomic E-state index is 10.7. The molecule has 1 aliphatic heterocycles. The second-order valence-electron chi connectivity index (χ2n) is 4.06. The number of carbonyl (C=O) groups is 1. The fourth-order valence-corrected chi connectivity index (χ4v) is 2.54. The minimum atomic E-state index is -0.790. The Bertz CT molecular complexity index is 219. The van der Waals surface area contributed by atoms with Gasteiger partial charge in [0.15, 0.2) is 0 Å². The minimum absolute atomic E-state index is 0.162. The number of fused-ring (bicyclic) bond motifs is 1. The van der Waals surface area contributed by atoms with Crippen molar-refractivity contribution >= 4 is 5.97 Å². The van der Waals surface area contributed by atoms with Crippen LogP contribution in [0.2, 0.25) is 0 Å². The molecule has 0 spiro atoms. The van der Waals surface area contributed by atoms with E-state index in [2.05, 4.69) is 5.32 Å². The van der Waals surface area contributed by atoms with Crippen LogP contribution in [0.25, 0.3) is 0 Å². The summed E-state index contributed by atoms with van der Waals surface area (Å²) >= 11 is 0. The van der Waals surface area contributed by atoms with E-state index >= 15 is 0 Å². The highest BCUT2D eigenvalue weighted by Gasteiger charge is 2.42. The van der Waals surface area contributed by atoms with E-state index in [1.54, 1.807) is 0 Å². The van der Waals surface area contributed by atoms with E-state index in [1.165, 1.54) is 0 Å². The Labute approximate surface area is 76.9 Å². The molecule has 0 bridgehead atoms. The van der Waals surface area contributed by atoms with Gasteiger partial charge in [-0.2, -0.15) is 0 Å². The number of hydrogen-bond donors (Lipinski definition) is 3. The van der Waals surface area contributed by atoms with Crippen LogP contribution in [-0.2, 0) is 4.79 Å². The van der Waals surface area contributed by atoms with Gasteiger partial charge in [0, 0.05) is 12.0 Å². The van der Waals surface area contributed by atoms with Crippen molar-refractivity contribution < 1.29 is 15.0 Å². The SMILES string of the molecule is O=C(O)[C@@H]1C[C@H]2[C@@H](O)CCC[C@H]2N1. The van der Waals surface area contributed by atoms with Crippen molar-refractivity contribution in [1.82, 2.24) is 5.32 Å². The molecule has 2 rings (SSSR count). The predicted molar refractivity (Wildman–Crippen MR) is 46.3 cm³/mol. The molecule has 2 fully saturated rings. The maximum atomic E-state index is 10.7. The van der Waals surface area contributed by atoms with Crippen LogP contribution in [0.4, 0.5) is 0 Å². The molecular formula is C9H15NO3. The summed E-state index contributed by atoms with van der Waals surface area (Å²) in [6.07, 6.45) is 3.12. The lowest BCUT2D eigenvalue weighted by molar-refractivity contribution is -0.139. The number of aliphatic hydroxyl groups excluding tert-OH is 1. The minimum Gasteiger partial charge on any atom is -0.480 e. The third-order valence-corrected chi connectivity index (χ3v) is 3.25. The number of aliphatic carboxylic acids is 1. The maximum Gasteiger partial charge on any atom is 0.320 e. The molecule has 0 aromatic rings. The first-order valence-corrected chi connectivity index (χ1v) is 4.85. The van der Waals surface area contributed by atoms with Crippen LogP contribution in [0.15, 0.2) is 0 Å². The average Bonchev–Trinajstić information content (AvgIpc) is 2.49. The van der Waals surface area contributed by atoms with Gasteiger partial charge in [-0.15, -0.1) is 0 Å². The van der Waals surface area contributed by atoms with Crippen LogP contribution in [0.5, 0.6) is 0 Å². The number of nitrogens with one attached hydrogen (secondary N) is 1. The number of carboxylic acids is 1. The Morgan fingerprint density at radius 2 is 2.15 bits per heavy atom. The van der Waals surface area contributed by atoms with Gasteiger partial charge in [0.2, 0.25) is 0 Å².